The Kier molecular flexibility index (Phi) is 6.36. The van der Waals surface area contributed by atoms with Crippen LogP contribution in [-0.4, -0.2) is 53.8 Å². The molecule has 7 nitrogen and oxygen atoms in total. The second-order valence-corrected chi connectivity index (χ2v) is 5.04. The van der Waals surface area contributed by atoms with E-state index in [0.29, 0.717) is 12.4 Å². The van der Waals surface area contributed by atoms with Gasteiger partial charge in [-0.15, -0.1) is 0 Å². The van der Waals surface area contributed by atoms with Crippen molar-refractivity contribution in [1.82, 2.24) is 10.1 Å². The number of aromatic nitrogens is 1. The second kappa shape index (κ2) is 7.78. The highest BCUT2D eigenvalue weighted by atomic mass is 16.5. The molecule has 1 aromatic heterocycles. The molecule has 0 aromatic carbocycles. The number of nitrogens with zero attached hydrogens (tertiary/aromatic N) is 2. The maximum atomic E-state index is 12.3. The van der Waals surface area contributed by atoms with Crippen molar-refractivity contribution >= 4 is 11.9 Å². The number of amides is 1. The minimum Gasteiger partial charge on any atom is -0.480 e. The molecule has 0 aliphatic rings. The van der Waals surface area contributed by atoms with Gasteiger partial charge in [0, 0.05) is 25.6 Å². The van der Waals surface area contributed by atoms with Crippen LogP contribution in [0.2, 0.25) is 0 Å². The first-order chi connectivity index (χ1) is 9.86. The molecule has 118 valence electrons. The summed E-state index contributed by atoms with van der Waals surface area (Å²) in [6.45, 7) is 5.77. The molecule has 1 amide bonds. The van der Waals surface area contributed by atoms with E-state index in [4.69, 9.17) is 14.4 Å². The maximum Gasteiger partial charge on any atom is 0.323 e. The molecule has 0 aliphatic carbocycles. The van der Waals surface area contributed by atoms with Crippen LogP contribution in [0.25, 0.3) is 0 Å². The molecule has 1 N–H and O–H groups in total. The number of carbonyl (C=O) groups excluding carboxylic acids is 1. The van der Waals surface area contributed by atoms with Crippen LogP contribution in [0.15, 0.2) is 4.52 Å². The molecule has 0 aliphatic heterocycles. The summed E-state index contributed by atoms with van der Waals surface area (Å²) in [6, 6.07) is 0. The molecule has 0 spiro atoms. The molecular formula is C14H22N2O5. The standard InChI is InChI=1S/C14H22N2O5/c1-9(14-10(2)15-21-11(14)3)7-12(17)16(5-6-20-4)8-13(18)19/h9H,5-8H2,1-4H3,(H,18,19). The fourth-order valence-electron chi connectivity index (χ4n) is 2.34. The van der Waals surface area contributed by atoms with Crippen LogP contribution in [0, 0.1) is 13.8 Å². The Morgan fingerprint density at radius 3 is 2.57 bits per heavy atom. The summed E-state index contributed by atoms with van der Waals surface area (Å²) in [5.74, 6) is -0.650. The quantitative estimate of drug-likeness (QED) is 0.778. The largest absolute Gasteiger partial charge is 0.480 e. The van der Waals surface area contributed by atoms with Crippen molar-refractivity contribution in [2.45, 2.75) is 33.1 Å². The van der Waals surface area contributed by atoms with Crippen molar-refractivity contribution in [3.05, 3.63) is 17.0 Å². The van der Waals surface area contributed by atoms with Crippen molar-refractivity contribution in [3.8, 4) is 0 Å². The molecule has 21 heavy (non-hydrogen) atoms. The topological polar surface area (TPSA) is 92.9 Å². The summed E-state index contributed by atoms with van der Waals surface area (Å²) < 4.78 is 10.0. The first-order valence-corrected chi connectivity index (χ1v) is 6.78. The predicted octanol–water partition coefficient (Wildman–Crippen LogP) is 1.34. The van der Waals surface area contributed by atoms with Crippen LogP contribution < -0.4 is 0 Å². The van der Waals surface area contributed by atoms with Gasteiger partial charge in [-0.1, -0.05) is 12.1 Å². The molecule has 0 saturated heterocycles. The van der Waals surface area contributed by atoms with Crippen LogP contribution in [0.3, 0.4) is 0 Å². The number of hydrogen-bond donors (Lipinski definition) is 1. The Hall–Kier alpha value is -1.89. The van der Waals surface area contributed by atoms with Crippen molar-refractivity contribution in [2.24, 2.45) is 0 Å². The van der Waals surface area contributed by atoms with Gasteiger partial charge >= 0.3 is 5.97 Å². The van der Waals surface area contributed by atoms with E-state index in [-0.39, 0.29) is 31.3 Å². The highest BCUT2D eigenvalue weighted by molar-refractivity contribution is 5.82. The first kappa shape index (κ1) is 17.2. The molecule has 0 bridgehead atoms. The number of hydrogen-bond acceptors (Lipinski definition) is 5. The van der Waals surface area contributed by atoms with Crippen molar-refractivity contribution in [3.63, 3.8) is 0 Å². The molecule has 0 fully saturated rings. The van der Waals surface area contributed by atoms with Gasteiger partial charge in [-0.05, 0) is 19.8 Å². The minimum atomic E-state index is -1.04. The number of carboxylic acid groups (broad SMARTS) is 1. The second-order valence-electron chi connectivity index (χ2n) is 5.04. The van der Waals surface area contributed by atoms with E-state index in [1.54, 1.807) is 6.92 Å². The number of rotatable bonds is 8. The summed E-state index contributed by atoms with van der Waals surface area (Å²) in [7, 11) is 1.51. The van der Waals surface area contributed by atoms with Crippen LogP contribution in [0.5, 0.6) is 0 Å². The SMILES string of the molecule is COCCN(CC(=O)O)C(=O)CC(C)c1c(C)noc1C. The first-order valence-electron chi connectivity index (χ1n) is 6.78. The third-order valence-electron chi connectivity index (χ3n) is 3.31. The highest BCUT2D eigenvalue weighted by Crippen LogP contribution is 2.26. The van der Waals surface area contributed by atoms with Gasteiger partial charge in [-0.3, -0.25) is 9.59 Å². The summed E-state index contributed by atoms with van der Waals surface area (Å²) >= 11 is 0. The monoisotopic (exact) mass is 298 g/mol. The Morgan fingerprint density at radius 2 is 2.10 bits per heavy atom. The van der Waals surface area contributed by atoms with Gasteiger partial charge in [0.25, 0.3) is 0 Å². The van der Waals surface area contributed by atoms with Crippen molar-refractivity contribution in [2.75, 3.05) is 26.8 Å². The Balaban J connectivity index is 2.73. The zero-order valence-corrected chi connectivity index (χ0v) is 12.9. The fourth-order valence-corrected chi connectivity index (χ4v) is 2.34. The van der Waals surface area contributed by atoms with Crippen LogP contribution in [0.4, 0.5) is 0 Å². The molecule has 1 atom stereocenters. The lowest BCUT2D eigenvalue weighted by molar-refractivity contribution is -0.145. The Labute approximate surface area is 123 Å². The average Bonchev–Trinajstić information content (AvgIpc) is 2.73. The molecule has 7 heteroatoms. The number of carboxylic acids is 1. The van der Waals surface area contributed by atoms with Crippen molar-refractivity contribution < 1.29 is 24.0 Å². The number of aliphatic carboxylic acids is 1. The van der Waals surface area contributed by atoms with E-state index in [1.165, 1.54) is 12.0 Å². The summed E-state index contributed by atoms with van der Waals surface area (Å²) in [6.07, 6.45) is 0.208. The summed E-state index contributed by atoms with van der Waals surface area (Å²) in [5.41, 5.74) is 1.67. The third kappa shape index (κ3) is 4.86. The van der Waals surface area contributed by atoms with Gasteiger partial charge in [0.1, 0.15) is 12.3 Å². The summed E-state index contributed by atoms with van der Waals surface area (Å²) in [5, 5.41) is 12.8. The Morgan fingerprint density at radius 1 is 1.43 bits per heavy atom. The predicted molar refractivity (Wildman–Crippen MR) is 75.1 cm³/mol. The zero-order valence-electron chi connectivity index (χ0n) is 12.9. The lowest BCUT2D eigenvalue weighted by Gasteiger charge is -2.22. The van der Waals surface area contributed by atoms with Gasteiger partial charge in [0.05, 0.1) is 12.3 Å². The molecule has 1 aromatic rings. The van der Waals surface area contributed by atoms with E-state index in [9.17, 15) is 9.59 Å². The van der Waals surface area contributed by atoms with Gasteiger partial charge in [0.2, 0.25) is 5.91 Å². The smallest absolute Gasteiger partial charge is 0.323 e. The van der Waals surface area contributed by atoms with Crippen LogP contribution >= 0.6 is 0 Å². The molecule has 0 saturated carbocycles. The normalized spacial score (nSPS) is 12.2. The summed E-state index contributed by atoms with van der Waals surface area (Å²) in [4.78, 5) is 24.4. The average molecular weight is 298 g/mol. The molecule has 1 heterocycles. The van der Waals surface area contributed by atoms with Crippen LogP contribution in [-0.2, 0) is 14.3 Å². The fraction of sp³-hybridized carbons (Fsp3) is 0.643. The zero-order chi connectivity index (χ0) is 16.0. The maximum absolute atomic E-state index is 12.3. The molecular weight excluding hydrogens is 276 g/mol. The van der Waals surface area contributed by atoms with Gasteiger partial charge in [-0.2, -0.15) is 0 Å². The number of methoxy groups -OCH3 is 1. The van der Waals surface area contributed by atoms with Crippen LogP contribution in [0.1, 0.15) is 36.3 Å². The third-order valence-corrected chi connectivity index (χ3v) is 3.31. The minimum absolute atomic E-state index is 0.0809. The molecule has 1 rings (SSSR count). The van der Waals surface area contributed by atoms with E-state index in [1.807, 2.05) is 13.8 Å². The number of ether oxygens (including phenoxy) is 1. The van der Waals surface area contributed by atoms with E-state index >= 15 is 0 Å². The molecule has 0 radical (unpaired) electrons. The van der Waals surface area contributed by atoms with Gasteiger partial charge < -0.3 is 19.3 Å². The lowest BCUT2D eigenvalue weighted by Crippen LogP contribution is -2.38. The van der Waals surface area contributed by atoms with Crippen molar-refractivity contribution in [1.29, 1.82) is 0 Å². The van der Waals surface area contributed by atoms with Gasteiger partial charge in [-0.25, -0.2) is 0 Å². The van der Waals surface area contributed by atoms with E-state index in [0.717, 1.165) is 11.3 Å². The van der Waals surface area contributed by atoms with E-state index < -0.39 is 5.97 Å². The molecule has 1 unspecified atom stereocenters. The number of carbonyl (C=O) groups is 2. The van der Waals surface area contributed by atoms with Gasteiger partial charge in [0.15, 0.2) is 0 Å². The van der Waals surface area contributed by atoms with E-state index in [2.05, 4.69) is 5.16 Å². The highest BCUT2D eigenvalue weighted by Gasteiger charge is 2.23. The number of aryl methyl sites for hydroxylation is 2. The Bertz CT molecular complexity index is 478. The lowest BCUT2D eigenvalue weighted by atomic mass is 9.95.